The number of hydrogen-bond donors (Lipinski definition) is 2. The molecule has 5 heteroatoms. The normalized spacial score (nSPS) is 17.8. The molecule has 1 saturated carbocycles. The van der Waals surface area contributed by atoms with E-state index in [9.17, 15) is 19.8 Å². The zero-order chi connectivity index (χ0) is 19.0. The first kappa shape index (κ1) is 18.5. The van der Waals surface area contributed by atoms with Crippen molar-refractivity contribution in [3.8, 4) is 5.75 Å². The number of cyclic esters (lactones) is 1. The lowest BCUT2D eigenvalue weighted by Crippen LogP contribution is -2.12. The molecular weight excluding hydrogens is 332 g/mol. The first-order valence-corrected chi connectivity index (χ1v) is 9.27. The number of carboxylic acid groups (broad SMARTS) is 1. The van der Waals surface area contributed by atoms with E-state index in [0.29, 0.717) is 30.7 Å². The lowest BCUT2D eigenvalue weighted by Gasteiger charge is -2.17. The van der Waals surface area contributed by atoms with E-state index in [2.05, 4.69) is 0 Å². The average Bonchev–Trinajstić information content (AvgIpc) is 3.35. The third kappa shape index (κ3) is 3.35. The highest BCUT2D eigenvalue weighted by molar-refractivity contribution is 5.97. The van der Waals surface area contributed by atoms with Crippen molar-refractivity contribution in [3.63, 3.8) is 0 Å². The van der Waals surface area contributed by atoms with E-state index in [4.69, 9.17) is 4.74 Å². The maximum absolute atomic E-state index is 12.0. The van der Waals surface area contributed by atoms with E-state index < -0.39 is 11.9 Å². The monoisotopic (exact) mass is 358 g/mol. The van der Waals surface area contributed by atoms with Gasteiger partial charge in [0, 0.05) is 11.1 Å². The van der Waals surface area contributed by atoms with Gasteiger partial charge in [-0.25, -0.2) is 4.79 Å². The number of aliphatic carboxylic acids is 1. The Bertz CT molecular complexity index is 786. The number of carbonyl (C=O) groups is 2. The predicted octanol–water partition coefficient (Wildman–Crippen LogP) is 4.24. The highest BCUT2D eigenvalue weighted by Crippen LogP contribution is 2.49. The van der Waals surface area contributed by atoms with E-state index in [0.717, 1.165) is 40.7 Å². The summed E-state index contributed by atoms with van der Waals surface area (Å²) in [7, 11) is 0. The van der Waals surface area contributed by atoms with E-state index in [1.807, 2.05) is 26.8 Å². The molecule has 140 valence electrons. The van der Waals surface area contributed by atoms with Crippen molar-refractivity contribution in [3.05, 3.63) is 39.5 Å². The highest BCUT2D eigenvalue weighted by Gasteiger charge is 2.36. The van der Waals surface area contributed by atoms with Gasteiger partial charge in [0.05, 0.1) is 5.92 Å². The molecular formula is C21H26O5. The van der Waals surface area contributed by atoms with Crippen molar-refractivity contribution in [2.24, 2.45) is 5.92 Å². The molecule has 1 aromatic carbocycles. The van der Waals surface area contributed by atoms with Gasteiger partial charge >= 0.3 is 11.9 Å². The standard InChI is InChI=1S/C21H26O5/c1-4-13(20(23)24)9-11(2)5-8-15-17(14-6-7-14)12(3)16-10-26-21(25)18(16)19(15)22/h5,13-14,22H,4,6-10H2,1-3H3,(H,23,24)/b11-5+/t13-/m0/s1. The second-order valence-corrected chi connectivity index (χ2v) is 7.47. The van der Waals surface area contributed by atoms with Gasteiger partial charge in [0.25, 0.3) is 0 Å². The number of carbonyl (C=O) groups excluding carboxylic acids is 1. The third-order valence-corrected chi connectivity index (χ3v) is 5.61. The minimum absolute atomic E-state index is 0.0457. The van der Waals surface area contributed by atoms with Gasteiger partial charge in [-0.05, 0) is 63.0 Å². The molecule has 1 aromatic rings. The largest absolute Gasteiger partial charge is 0.507 e. The molecule has 0 amide bonds. The summed E-state index contributed by atoms with van der Waals surface area (Å²) in [6.07, 6.45) is 5.76. The molecule has 0 unspecified atom stereocenters. The number of rotatable bonds is 7. The number of benzene rings is 1. The van der Waals surface area contributed by atoms with Crippen LogP contribution in [0, 0.1) is 12.8 Å². The second kappa shape index (κ2) is 7.14. The van der Waals surface area contributed by atoms with Gasteiger partial charge in [-0.3, -0.25) is 4.79 Å². The smallest absolute Gasteiger partial charge is 0.342 e. The Labute approximate surface area is 153 Å². The van der Waals surface area contributed by atoms with Crippen LogP contribution in [0.4, 0.5) is 0 Å². The van der Waals surface area contributed by atoms with Crippen molar-refractivity contribution >= 4 is 11.9 Å². The van der Waals surface area contributed by atoms with Crippen LogP contribution >= 0.6 is 0 Å². The van der Waals surface area contributed by atoms with Gasteiger partial charge in [0.15, 0.2) is 0 Å². The number of hydrogen-bond acceptors (Lipinski definition) is 4. The lowest BCUT2D eigenvalue weighted by atomic mass is 9.87. The van der Waals surface area contributed by atoms with Crippen molar-refractivity contribution in [2.45, 2.75) is 65.4 Å². The highest BCUT2D eigenvalue weighted by atomic mass is 16.5. The van der Waals surface area contributed by atoms with Gasteiger partial charge in [0.2, 0.25) is 0 Å². The van der Waals surface area contributed by atoms with E-state index >= 15 is 0 Å². The summed E-state index contributed by atoms with van der Waals surface area (Å²) >= 11 is 0. The van der Waals surface area contributed by atoms with Crippen LogP contribution in [0.1, 0.15) is 78.1 Å². The number of allylic oxidation sites excluding steroid dienone is 2. The zero-order valence-electron chi connectivity index (χ0n) is 15.6. The van der Waals surface area contributed by atoms with Crippen LogP contribution in [0.15, 0.2) is 11.6 Å². The van der Waals surface area contributed by atoms with Crippen molar-refractivity contribution in [1.29, 1.82) is 0 Å². The Morgan fingerprint density at radius 3 is 2.65 bits per heavy atom. The molecule has 1 aliphatic heterocycles. The molecule has 0 saturated heterocycles. The van der Waals surface area contributed by atoms with E-state index in [-0.39, 0.29) is 18.3 Å². The van der Waals surface area contributed by atoms with Crippen LogP contribution in [-0.2, 0) is 22.6 Å². The van der Waals surface area contributed by atoms with Gasteiger partial charge in [0.1, 0.15) is 17.9 Å². The number of aromatic hydroxyl groups is 1. The summed E-state index contributed by atoms with van der Waals surface area (Å²) in [5.74, 6) is -1.14. The summed E-state index contributed by atoms with van der Waals surface area (Å²) in [5, 5.41) is 20.0. The summed E-state index contributed by atoms with van der Waals surface area (Å²) in [5.41, 5.74) is 5.12. The zero-order valence-corrected chi connectivity index (χ0v) is 15.6. The Kier molecular flexibility index (Phi) is 5.08. The third-order valence-electron chi connectivity index (χ3n) is 5.61. The number of phenolic OH excluding ortho intramolecular Hbond substituents is 1. The molecule has 26 heavy (non-hydrogen) atoms. The summed E-state index contributed by atoms with van der Waals surface area (Å²) in [6, 6.07) is 0. The second-order valence-electron chi connectivity index (χ2n) is 7.47. The molecule has 0 aromatic heterocycles. The first-order chi connectivity index (χ1) is 12.3. The van der Waals surface area contributed by atoms with Crippen LogP contribution < -0.4 is 0 Å². The molecule has 1 heterocycles. The molecule has 5 nitrogen and oxygen atoms in total. The summed E-state index contributed by atoms with van der Waals surface area (Å²) in [6.45, 7) is 6.04. The van der Waals surface area contributed by atoms with Crippen LogP contribution in [0.25, 0.3) is 0 Å². The van der Waals surface area contributed by atoms with Gasteiger partial charge < -0.3 is 14.9 Å². The van der Waals surface area contributed by atoms with Crippen molar-refractivity contribution in [2.75, 3.05) is 0 Å². The Morgan fingerprint density at radius 2 is 2.08 bits per heavy atom. The van der Waals surface area contributed by atoms with Gasteiger partial charge in [-0.15, -0.1) is 0 Å². The fourth-order valence-electron chi connectivity index (χ4n) is 3.89. The molecule has 1 aliphatic carbocycles. The molecule has 2 N–H and O–H groups in total. The average molecular weight is 358 g/mol. The quantitative estimate of drug-likeness (QED) is 0.563. The Balaban J connectivity index is 1.93. The summed E-state index contributed by atoms with van der Waals surface area (Å²) < 4.78 is 5.13. The molecule has 1 atom stereocenters. The molecule has 0 spiro atoms. The van der Waals surface area contributed by atoms with Crippen LogP contribution in [0.3, 0.4) is 0 Å². The molecule has 1 fully saturated rings. The maximum atomic E-state index is 12.0. The number of esters is 1. The van der Waals surface area contributed by atoms with Crippen molar-refractivity contribution in [1.82, 2.24) is 0 Å². The molecule has 3 rings (SSSR count). The molecule has 0 bridgehead atoms. The minimum Gasteiger partial charge on any atom is -0.507 e. The van der Waals surface area contributed by atoms with E-state index in [1.165, 1.54) is 0 Å². The number of fused-ring (bicyclic) bond motifs is 1. The van der Waals surface area contributed by atoms with Crippen LogP contribution in [0.5, 0.6) is 5.75 Å². The fraction of sp³-hybridized carbons (Fsp3) is 0.524. The lowest BCUT2D eigenvalue weighted by molar-refractivity contribution is -0.141. The fourth-order valence-corrected chi connectivity index (χ4v) is 3.89. The van der Waals surface area contributed by atoms with Crippen LogP contribution in [0.2, 0.25) is 0 Å². The van der Waals surface area contributed by atoms with E-state index in [1.54, 1.807) is 0 Å². The Morgan fingerprint density at radius 1 is 1.38 bits per heavy atom. The molecule has 2 aliphatic rings. The molecule has 0 radical (unpaired) electrons. The number of carboxylic acids is 1. The topological polar surface area (TPSA) is 83.8 Å². The van der Waals surface area contributed by atoms with Crippen LogP contribution in [-0.4, -0.2) is 22.2 Å². The van der Waals surface area contributed by atoms with Gasteiger partial charge in [-0.1, -0.05) is 18.6 Å². The number of phenols is 1. The summed E-state index contributed by atoms with van der Waals surface area (Å²) in [4.78, 5) is 23.3. The minimum atomic E-state index is -0.780. The first-order valence-electron chi connectivity index (χ1n) is 9.27. The van der Waals surface area contributed by atoms with Gasteiger partial charge in [-0.2, -0.15) is 0 Å². The maximum Gasteiger partial charge on any atom is 0.342 e. The Hall–Kier alpha value is -2.30. The predicted molar refractivity (Wildman–Crippen MR) is 97.4 cm³/mol. The van der Waals surface area contributed by atoms with Crippen molar-refractivity contribution < 1.29 is 24.5 Å². The number of ether oxygens (including phenoxy) is 1. The SMILES string of the molecule is CC[C@@H](C/C(C)=C/Cc1c(O)c2c(c(C)c1C1CC1)COC2=O)C(=O)O.